The number of thioether (sulfide) groups is 3. The summed E-state index contributed by atoms with van der Waals surface area (Å²) in [7, 11) is 0. The highest BCUT2D eigenvalue weighted by atomic mass is 32.2. The summed E-state index contributed by atoms with van der Waals surface area (Å²) in [6, 6.07) is 0. The molecule has 0 fully saturated rings. The standard InChI is InChI=1S/C56H109N7O6S3/c1-4-7-10-13-16-19-22-42-67-54(64)33-48-70-45-25-30-51(57)60-36-27-39-63(41-29-38-62-53(59)32-47-72-50-35-56(66)69-44-24-21-18-15-12-9-6-3)40-28-37-61-52(58)31-26-46-71-49-34-55(65)68-43-23-20-17-14-11-8-5-2/h4-50H2,1-3H3,(H2,57,60)(H2,58,61)(H2,59,62). The van der Waals surface area contributed by atoms with Gasteiger partial charge in [-0.2, -0.15) is 35.3 Å². The molecule has 0 amide bonds. The van der Waals surface area contributed by atoms with Gasteiger partial charge in [0, 0.05) is 61.9 Å². The van der Waals surface area contributed by atoms with Gasteiger partial charge in [0.25, 0.3) is 0 Å². The van der Waals surface area contributed by atoms with Gasteiger partial charge in [-0.05, 0) is 82.5 Å². The second-order valence-electron chi connectivity index (χ2n) is 19.1. The zero-order valence-electron chi connectivity index (χ0n) is 46.4. The van der Waals surface area contributed by atoms with Gasteiger partial charge < -0.3 is 36.3 Å². The second kappa shape index (κ2) is 56.6. The third kappa shape index (κ3) is 54.1. The molecule has 72 heavy (non-hydrogen) atoms. The number of hydrogen-bond acceptors (Lipinski definition) is 13. The van der Waals surface area contributed by atoms with Gasteiger partial charge in [-0.25, -0.2) is 0 Å². The fourth-order valence-electron chi connectivity index (χ4n) is 7.74. The topological polar surface area (TPSA) is 197 Å². The van der Waals surface area contributed by atoms with Crippen molar-refractivity contribution in [2.75, 3.05) is 93.6 Å². The van der Waals surface area contributed by atoms with E-state index >= 15 is 0 Å². The maximum atomic E-state index is 12.1. The van der Waals surface area contributed by atoms with E-state index in [9.17, 15) is 14.4 Å². The van der Waals surface area contributed by atoms with Crippen molar-refractivity contribution in [3.8, 4) is 0 Å². The van der Waals surface area contributed by atoms with Crippen molar-refractivity contribution in [2.24, 2.45) is 32.2 Å². The molecule has 16 heteroatoms. The molecule has 6 N–H and O–H groups in total. The van der Waals surface area contributed by atoms with Gasteiger partial charge in [-0.15, -0.1) is 0 Å². The maximum Gasteiger partial charge on any atom is 0.306 e. The van der Waals surface area contributed by atoms with Crippen LogP contribution in [-0.2, 0) is 28.6 Å². The van der Waals surface area contributed by atoms with Crippen LogP contribution in [-0.4, -0.2) is 134 Å². The Kier molecular flexibility index (Phi) is 54.9. The molecule has 0 bridgehead atoms. The highest BCUT2D eigenvalue weighted by Gasteiger charge is 2.08. The molecular weight excluding hydrogens is 963 g/mol. The van der Waals surface area contributed by atoms with E-state index in [2.05, 4.69) is 40.6 Å². The van der Waals surface area contributed by atoms with Gasteiger partial charge in [0.2, 0.25) is 0 Å². The molecule has 0 aliphatic carbocycles. The second-order valence-corrected chi connectivity index (χ2v) is 22.8. The van der Waals surface area contributed by atoms with Crippen LogP contribution in [0.1, 0.15) is 226 Å². The van der Waals surface area contributed by atoms with Crippen LogP contribution >= 0.6 is 35.3 Å². The summed E-state index contributed by atoms with van der Waals surface area (Å²) in [6.07, 6.45) is 33.6. The number of nitrogens with zero attached hydrogens (tertiary/aromatic N) is 4. The Morgan fingerprint density at radius 2 is 0.625 bits per heavy atom. The van der Waals surface area contributed by atoms with Crippen LogP contribution < -0.4 is 17.2 Å². The lowest BCUT2D eigenvalue weighted by Gasteiger charge is -2.21. The Morgan fingerprint density at radius 1 is 0.347 bits per heavy atom. The minimum Gasteiger partial charge on any atom is -0.466 e. The van der Waals surface area contributed by atoms with Crippen LogP contribution in [0.2, 0.25) is 0 Å². The van der Waals surface area contributed by atoms with E-state index in [0.29, 0.717) is 82.6 Å². The number of hydrogen-bond donors (Lipinski definition) is 3. The highest BCUT2D eigenvalue weighted by molar-refractivity contribution is 7.99. The molecule has 0 heterocycles. The number of aliphatic imine (C=N–C) groups is 3. The molecule has 422 valence electrons. The van der Waals surface area contributed by atoms with Crippen molar-refractivity contribution in [3.05, 3.63) is 0 Å². The number of esters is 3. The van der Waals surface area contributed by atoms with Gasteiger partial charge in [0.15, 0.2) is 0 Å². The van der Waals surface area contributed by atoms with E-state index in [1.54, 1.807) is 35.3 Å². The first-order chi connectivity index (χ1) is 35.2. The lowest BCUT2D eigenvalue weighted by molar-refractivity contribution is -0.144. The molecule has 0 aliphatic heterocycles. The fourth-order valence-corrected chi connectivity index (χ4v) is 10.3. The van der Waals surface area contributed by atoms with Crippen molar-refractivity contribution in [1.29, 1.82) is 0 Å². The molecule has 0 unspecified atom stereocenters. The SMILES string of the molecule is CCCCCCCCCOC(=O)CCSCCCC(N)=NCCCN(CCCN=C(N)CCCSCCC(=O)OCCCCCCCCC)CCCN=C(N)CCSCCC(=O)OCCCCCCCCC. The van der Waals surface area contributed by atoms with E-state index in [1.165, 1.54) is 96.3 Å². The quantitative estimate of drug-likeness (QED) is 0.0171. The van der Waals surface area contributed by atoms with Crippen molar-refractivity contribution in [3.63, 3.8) is 0 Å². The van der Waals surface area contributed by atoms with Crippen molar-refractivity contribution in [2.45, 2.75) is 226 Å². The first kappa shape index (κ1) is 69.8. The van der Waals surface area contributed by atoms with E-state index in [1.807, 2.05) is 0 Å². The summed E-state index contributed by atoms with van der Waals surface area (Å²) in [5, 5.41) is 0. The summed E-state index contributed by atoms with van der Waals surface area (Å²) >= 11 is 5.26. The molecule has 0 aromatic rings. The Hall–Kier alpha value is -2.17. The molecule has 0 spiro atoms. The Bertz CT molecular complexity index is 1280. The average molecular weight is 1070 g/mol. The van der Waals surface area contributed by atoms with Gasteiger partial charge in [-0.3, -0.25) is 29.4 Å². The molecule has 0 saturated heterocycles. The monoisotopic (exact) mass is 1070 g/mol. The molecule has 0 atom stereocenters. The van der Waals surface area contributed by atoms with Crippen LogP contribution in [0.25, 0.3) is 0 Å². The molecule has 0 aromatic carbocycles. The van der Waals surface area contributed by atoms with Crippen LogP contribution in [0, 0.1) is 0 Å². The van der Waals surface area contributed by atoms with Crippen molar-refractivity contribution in [1.82, 2.24) is 4.90 Å². The number of amidine groups is 3. The van der Waals surface area contributed by atoms with Crippen LogP contribution in [0.3, 0.4) is 0 Å². The number of nitrogens with two attached hydrogens (primary N) is 3. The smallest absolute Gasteiger partial charge is 0.306 e. The van der Waals surface area contributed by atoms with Gasteiger partial charge in [0.1, 0.15) is 0 Å². The van der Waals surface area contributed by atoms with Crippen molar-refractivity contribution < 1.29 is 28.6 Å². The normalized spacial score (nSPS) is 12.2. The largest absolute Gasteiger partial charge is 0.466 e. The molecule has 0 aliphatic rings. The summed E-state index contributed by atoms with van der Waals surface area (Å²) < 4.78 is 16.2. The minimum atomic E-state index is -0.108. The third-order valence-electron chi connectivity index (χ3n) is 12.2. The third-order valence-corrected chi connectivity index (χ3v) is 15.3. The van der Waals surface area contributed by atoms with E-state index in [-0.39, 0.29) is 17.9 Å². The van der Waals surface area contributed by atoms with Gasteiger partial charge in [0.05, 0.1) is 56.6 Å². The maximum absolute atomic E-state index is 12.1. The van der Waals surface area contributed by atoms with Gasteiger partial charge in [-0.1, -0.05) is 136 Å². The lowest BCUT2D eigenvalue weighted by atomic mass is 10.1. The Labute approximate surface area is 453 Å². The Balaban J connectivity index is 4.58. The Morgan fingerprint density at radius 3 is 0.958 bits per heavy atom. The minimum absolute atomic E-state index is 0.0910. The van der Waals surface area contributed by atoms with E-state index in [0.717, 1.165) is 138 Å². The summed E-state index contributed by atoms with van der Waals surface area (Å²) in [5.41, 5.74) is 18.9. The van der Waals surface area contributed by atoms with Gasteiger partial charge >= 0.3 is 17.9 Å². The summed E-state index contributed by atoms with van der Waals surface area (Å²) in [6.45, 7) is 13.1. The first-order valence-corrected chi connectivity index (χ1v) is 32.5. The average Bonchev–Trinajstić information content (AvgIpc) is 3.37. The predicted molar refractivity (Wildman–Crippen MR) is 316 cm³/mol. The molecule has 0 saturated carbocycles. The summed E-state index contributed by atoms with van der Waals surface area (Å²) in [4.78, 5) is 52.7. The number of carbonyl (C=O) groups excluding carboxylic acids is 3. The van der Waals surface area contributed by atoms with Crippen LogP contribution in [0.15, 0.2) is 15.0 Å². The summed E-state index contributed by atoms with van der Waals surface area (Å²) in [5.74, 6) is 6.77. The van der Waals surface area contributed by atoms with E-state index < -0.39 is 0 Å². The molecule has 0 radical (unpaired) electrons. The molecular formula is C56H109N7O6S3. The fraction of sp³-hybridized carbons (Fsp3) is 0.893. The highest BCUT2D eigenvalue weighted by Crippen LogP contribution is 2.13. The lowest BCUT2D eigenvalue weighted by Crippen LogP contribution is -2.29. The zero-order valence-corrected chi connectivity index (χ0v) is 48.9. The number of unbranched alkanes of at least 4 members (excludes halogenated alkanes) is 18. The number of carbonyl (C=O) groups is 3. The van der Waals surface area contributed by atoms with Crippen LogP contribution in [0.4, 0.5) is 0 Å². The molecule has 0 aromatic heterocycles. The predicted octanol–water partition coefficient (Wildman–Crippen LogP) is 12.7. The first-order valence-electron chi connectivity index (χ1n) is 29.0. The van der Waals surface area contributed by atoms with Crippen molar-refractivity contribution >= 4 is 70.7 Å². The molecule has 13 nitrogen and oxygen atoms in total. The van der Waals surface area contributed by atoms with E-state index in [4.69, 9.17) is 31.4 Å². The number of rotatable bonds is 56. The molecule has 0 rings (SSSR count). The zero-order chi connectivity index (χ0) is 52.6. The van der Waals surface area contributed by atoms with Crippen LogP contribution in [0.5, 0.6) is 0 Å². The number of ether oxygens (including phenoxy) is 3.